The van der Waals surface area contributed by atoms with Crippen LogP contribution in [-0.2, 0) is 0 Å². The molecule has 3 rings (SSSR count). The first-order valence-electron chi connectivity index (χ1n) is 8.15. The van der Waals surface area contributed by atoms with Crippen LogP contribution in [0.15, 0.2) is 34.3 Å². The summed E-state index contributed by atoms with van der Waals surface area (Å²) in [6.45, 7) is 0. The summed E-state index contributed by atoms with van der Waals surface area (Å²) >= 11 is 2.16. The molecule has 142 valence electrons. The molecule has 3 aromatic rings. The van der Waals surface area contributed by atoms with Crippen LogP contribution in [0.5, 0.6) is 0 Å². The number of nitriles is 4. The zero-order valence-electron chi connectivity index (χ0n) is 15.1. The third-order valence-electron chi connectivity index (χ3n) is 3.88. The summed E-state index contributed by atoms with van der Waals surface area (Å²) in [5.74, 6) is 0. The Balaban J connectivity index is 1.80. The van der Waals surface area contributed by atoms with E-state index in [0.29, 0.717) is 10.0 Å². The molecule has 0 saturated heterocycles. The summed E-state index contributed by atoms with van der Waals surface area (Å²) in [5, 5.41) is 37.9. The van der Waals surface area contributed by atoms with Gasteiger partial charge in [-0.25, -0.2) is 9.98 Å². The van der Waals surface area contributed by atoms with Crippen LogP contribution in [-0.4, -0.2) is 12.4 Å². The van der Waals surface area contributed by atoms with E-state index in [1.54, 1.807) is 36.7 Å². The van der Waals surface area contributed by atoms with Crippen LogP contribution in [0.25, 0.3) is 0 Å². The Labute approximate surface area is 179 Å². The molecule has 0 amide bonds. The van der Waals surface area contributed by atoms with Crippen LogP contribution in [0.3, 0.4) is 0 Å². The van der Waals surface area contributed by atoms with Gasteiger partial charge in [0.05, 0.1) is 0 Å². The SMILES string of the molecule is N#Cc1c(N)sc(/N=C/c2ccc(/C=N/c3sc(N)c(C#N)c3C#N)cc2)c1C#N. The molecule has 0 spiro atoms. The highest BCUT2D eigenvalue weighted by atomic mass is 32.1. The van der Waals surface area contributed by atoms with Crippen LogP contribution in [0.1, 0.15) is 33.4 Å². The van der Waals surface area contributed by atoms with Gasteiger partial charge >= 0.3 is 0 Å². The van der Waals surface area contributed by atoms with E-state index in [1.165, 1.54) is 0 Å². The van der Waals surface area contributed by atoms with E-state index < -0.39 is 0 Å². The fraction of sp³-hybridized carbons (Fsp3) is 0. The van der Waals surface area contributed by atoms with Gasteiger partial charge in [0, 0.05) is 12.4 Å². The summed E-state index contributed by atoms with van der Waals surface area (Å²) in [5.41, 5.74) is 13.7. The standard InChI is InChI=1S/C20H10N8S2/c21-5-13-15(7-23)19(29-17(13)25)27-9-11-1-2-12(4-3-11)10-28-20-16(8-24)14(6-22)18(26)30-20/h1-4,9-10H,25-26H2/b27-9+,28-10+. The van der Waals surface area contributed by atoms with Crippen LogP contribution < -0.4 is 11.5 Å². The highest BCUT2D eigenvalue weighted by Crippen LogP contribution is 2.37. The number of nitrogen functional groups attached to an aromatic ring is 2. The summed E-state index contributed by atoms with van der Waals surface area (Å²) < 4.78 is 0. The molecule has 8 nitrogen and oxygen atoms in total. The molecule has 0 aliphatic carbocycles. The highest BCUT2D eigenvalue weighted by molar-refractivity contribution is 7.20. The number of anilines is 2. The van der Waals surface area contributed by atoms with Crippen molar-refractivity contribution in [3.8, 4) is 24.3 Å². The summed E-state index contributed by atoms with van der Waals surface area (Å²) in [6.07, 6.45) is 3.14. The topological polar surface area (TPSA) is 172 Å². The second-order valence-corrected chi connectivity index (χ2v) is 7.73. The molecule has 30 heavy (non-hydrogen) atoms. The molecule has 0 aliphatic heterocycles. The number of hydrogen-bond acceptors (Lipinski definition) is 10. The molecule has 0 unspecified atom stereocenters. The van der Waals surface area contributed by atoms with Crippen molar-refractivity contribution in [1.29, 1.82) is 21.0 Å². The van der Waals surface area contributed by atoms with Crippen molar-refractivity contribution in [2.75, 3.05) is 11.5 Å². The average Bonchev–Trinajstić information content (AvgIpc) is 3.25. The second-order valence-electron chi connectivity index (χ2n) is 5.67. The summed E-state index contributed by atoms with van der Waals surface area (Å²) in [4.78, 5) is 8.54. The second kappa shape index (κ2) is 8.68. The van der Waals surface area contributed by atoms with Gasteiger partial charge in [0.25, 0.3) is 0 Å². The fourth-order valence-electron chi connectivity index (χ4n) is 2.42. The fourth-order valence-corrected chi connectivity index (χ4v) is 4.04. The van der Waals surface area contributed by atoms with Gasteiger partial charge in [0.2, 0.25) is 0 Å². The summed E-state index contributed by atoms with van der Waals surface area (Å²) in [6, 6.07) is 14.9. The van der Waals surface area contributed by atoms with Gasteiger partial charge in [-0.3, -0.25) is 0 Å². The van der Waals surface area contributed by atoms with E-state index in [0.717, 1.165) is 33.8 Å². The molecule has 2 heterocycles. The lowest BCUT2D eigenvalue weighted by molar-refractivity contribution is 1.45. The van der Waals surface area contributed by atoms with E-state index in [4.69, 9.17) is 22.0 Å². The van der Waals surface area contributed by atoms with Crippen LogP contribution >= 0.6 is 22.7 Å². The predicted molar refractivity (Wildman–Crippen MR) is 117 cm³/mol. The van der Waals surface area contributed by atoms with E-state index in [9.17, 15) is 10.5 Å². The number of rotatable bonds is 4. The third kappa shape index (κ3) is 3.87. The maximum Gasteiger partial charge on any atom is 0.137 e. The Bertz CT molecular complexity index is 1240. The van der Waals surface area contributed by atoms with E-state index in [2.05, 4.69) is 9.98 Å². The number of nitrogens with zero attached hydrogens (tertiary/aromatic N) is 6. The third-order valence-corrected chi connectivity index (χ3v) is 5.73. The number of benzene rings is 1. The molecule has 0 fully saturated rings. The molecule has 10 heteroatoms. The maximum atomic E-state index is 9.22. The lowest BCUT2D eigenvalue weighted by Crippen LogP contribution is -1.85. The number of aliphatic imine (C=N–C) groups is 2. The summed E-state index contributed by atoms with van der Waals surface area (Å²) in [7, 11) is 0. The highest BCUT2D eigenvalue weighted by Gasteiger charge is 2.16. The zero-order chi connectivity index (χ0) is 21.7. The molecule has 0 radical (unpaired) electrons. The molecule has 2 aromatic heterocycles. The van der Waals surface area contributed by atoms with E-state index >= 15 is 0 Å². The predicted octanol–water partition coefficient (Wildman–Crippen LogP) is 3.96. The van der Waals surface area contributed by atoms with Gasteiger partial charge in [-0.15, -0.1) is 0 Å². The Morgan fingerprint density at radius 3 is 1.27 bits per heavy atom. The Morgan fingerprint density at radius 1 is 0.633 bits per heavy atom. The first-order chi connectivity index (χ1) is 14.5. The zero-order valence-corrected chi connectivity index (χ0v) is 16.8. The molecule has 1 aromatic carbocycles. The first-order valence-corrected chi connectivity index (χ1v) is 9.78. The normalized spacial score (nSPS) is 10.5. The number of thiophene rings is 2. The van der Waals surface area contributed by atoms with Crippen molar-refractivity contribution < 1.29 is 0 Å². The maximum absolute atomic E-state index is 9.22. The van der Waals surface area contributed by atoms with Crippen molar-refractivity contribution in [3.63, 3.8) is 0 Å². The number of hydrogen-bond donors (Lipinski definition) is 2. The lowest BCUT2D eigenvalue weighted by atomic mass is 10.1. The molecule has 0 saturated carbocycles. The van der Waals surface area contributed by atoms with Gasteiger partial charge in [0.15, 0.2) is 0 Å². The number of nitrogens with two attached hydrogens (primary N) is 2. The van der Waals surface area contributed by atoms with Crippen molar-refractivity contribution >= 4 is 55.1 Å². The quantitative estimate of drug-likeness (QED) is 0.597. The molecular formula is C20H10N8S2. The van der Waals surface area contributed by atoms with Gasteiger partial charge in [-0.05, 0) is 11.1 Å². The van der Waals surface area contributed by atoms with Crippen LogP contribution in [0, 0.1) is 45.3 Å². The monoisotopic (exact) mass is 426 g/mol. The Kier molecular flexibility index (Phi) is 5.86. The van der Waals surface area contributed by atoms with Crippen LogP contribution in [0.4, 0.5) is 20.0 Å². The molecule has 0 aliphatic rings. The van der Waals surface area contributed by atoms with Gasteiger partial charge in [-0.2, -0.15) is 21.0 Å². The minimum Gasteiger partial charge on any atom is -0.389 e. The van der Waals surface area contributed by atoms with E-state index in [-0.39, 0.29) is 32.3 Å². The molecule has 0 bridgehead atoms. The molecule has 4 N–H and O–H groups in total. The van der Waals surface area contributed by atoms with Gasteiger partial charge < -0.3 is 11.5 Å². The smallest absolute Gasteiger partial charge is 0.137 e. The Morgan fingerprint density at radius 2 is 0.967 bits per heavy atom. The van der Waals surface area contributed by atoms with Crippen molar-refractivity contribution in [2.45, 2.75) is 0 Å². The van der Waals surface area contributed by atoms with Crippen molar-refractivity contribution in [1.82, 2.24) is 0 Å². The van der Waals surface area contributed by atoms with Gasteiger partial charge in [-0.1, -0.05) is 46.9 Å². The lowest BCUT2D eigenvalue weighted by Gasteiger charge is -1.96. The minimum absolute atomic E-state index is 0.145. The van der Waals surface area contributed by atoms with Gasteiger partial charge in [0.1, 0.15) is 66.5 Å². The van der Waals surface area contributed by atoms with Crippen molar-refractivity contribution in [3.05, 3.63) is 57.6 Å². The van der Waals surface area contributed by atoms with E-state index in [1.807, 2.05) is 24.3 Å². The van der Waals surface area contributed by atoms with Crippen LogP contribution in [0.2, 0.25) is 0 Å². The minimum atomic E-state index is 0.145. The van der Waals surface area contributed by atoms with Crippen molar-refractivity contribution in [2.24, 2.45) is 9.98 Å². The Hall–Kier alpha value is -4.48. The first kappa shape index (κ1) is 20.3. The molecular weight excluding hydrogens is 416 g/mol. The average molecular weight is 426 g/mol. The molecule has 0 atom stereocenters. The largest absolute Gasteiger partial charge is 0.389 e.